The fourth-order valence-corrected chi connectivity index (χ4v) is 3.39. The molecule has 1 atom stereocenters. The molecule has 1 amide bonds. The number of carbonyl (C=O) groups excluding carboxylic acids is 1. The second-order valence-corrected chi connectivity index (χ2v) is 6.46. The largest absolute Gasteiger partial charge is 0.384 e. The minimum atomic E-state index is 0.162. The molecule has 3 rings (SSSR count). The molecule has 23 heavy (non-hydrogen) atoms. The van der Waals surface area contributed by atoms with Gasteiger partial charge in [-0.1, -0.05) is 0 Å². The number of aromatic nitrogens is 1. The maximum Gasteiger partial charge on any atom is 0.225 e. The molecule has 0 bridgehead atoms. The van der Waals surface area contributed by atoms with Crippen molar-refractivity contribution in [3.05, 3.63) is 18.3 Å². The van der Waals surface area contributed by atoms with E-state index in [1.54, 1.807) is 12.3 Å². The highest BCUT2D eigenvalue weighted by molar-refractivity contribution is 5.79. The van der Waals surface area contributed by atoms with Crippen LogP contribution in [0, 0.1) is 5.92 Å². The first-order valence-electron chi connectivity index (χ1n) is 8.57. The summed E-state index contributed by atoms with van der Waals surface area (Å²) in [5.41, 5.74) is 6.61. The van der Waals surface area contributed by atoms with E-state index in [0.717, 1.165) is 64.1 Å². The van der Waals surface area contributed by atoms with Crippen LogP contribution in [-0.2, 0) is 9.53 Å². The maximum absolute atomic E-state index is 12.6. The third kappa shape index (κ3) is 4.34. The predicted octanol–water partition coefficient (Wildman–Crippen LogP) is 1.88. The summed E-state index contributed by atoms with van der Waals surface area (Å²) in [6.07, 6.45) is 6.59. The first-order valence-corrected chi connectivity index (χ1v) is 8.57. The van der Waals surface area contributed by atoms with Gasteiger partial charge in [-0.25, -0.2) is 4.98 Å². The zero-order valence-electron chi connectivity index (χ0n) is 13.5. The van der Waals surface area contributed by atoms with Crippen molar-refractivity contribution in [3.8, 4) is 0 Å². The van der Waals surface area contributed by atoms with Crippen molar-refractivity contribution in [2.75, 3.05) is 37.4 Å². The molecule has 126 valence electrons. The fourth-order valence-electron chi connectivity index (χ4n) is 3.39. The molecule has 0 spiro atoms. The number of nitrogens with one attached hydrogen (secondary N) is 1. The Morgan fingerprint density at radius 3 is 2.78 bits per heavy atom. The summed E-state index contributed by atoms with van der Waals surface area (Å²) >= 11 is 0. The molecule has 0 radical (unpaired) electrons. The monoisotopic (exact) mass is 318 g/mol. The molecule has 2 fully saturated rings. The molecule has 6 heteroatoms. The van der Waals surface area contributed by atoms with Crippen molar-refractivity contribution in [2.24, 2.45) is 5.92 Å². The van der Waals surface area contributed by atoms with Crippen molar-refractivity contribution < 1.29 is 9.53 Å². The summed E-state index contributed by atoms with van der Waals surface area (Å²) < 4.78 is 5.36. The molecular formula is C17H26N4O2. The zero-order chi connectivity index (χ0) is 16.1. The smallest absolute Gasteiger partial charge is 0.225 e. The van der Waals surface area contributed by atoms with Crippen LogP contribution in [-0.4, -0.2) is 48.1 Å². The van der Waals surface area contributed by atoms with E-state index < -0.39 is 0 Å². The molecule has 1 aromatic heterocycles. The van der Waals surface area contributed by atoms with Gasteiger partial charge in [0.1, 0.15) is 5.82 Å². The van der Waals surface area contributed by atoms with Gasteiger partial charge < -0.3 is 20.7 Å². The van der Waals surface area contributed by atoms with Gasteiger partial charge in [0.2, 0.25) is 5.91 Å². The van der Waals surface area contributed by atoms with Crippen molar-refractivity contribution in [2.45, 2.75) is 38.1 Å². The van der Waals surface area contributed by atoms with E-state index in [0.29, 0.717) is 17.8 Å². The molecule has 2 saturated heterocycles. The van der Waals surface area contributed by atoms with E-state index in [1.165, 1.54) is 0 Å². The summed E-state index contributed by atoms with van der Waals surface area (Å²) in [6.45, 7) is 3.14. The highest BCUT2D eigenvalue weighted by Crippen LogP contribution is 2.22. The van der Waals surface area contributed by atoms with E-state index in [1.807, 2.05) is 6.07 Å². The lowest BCUT2D eigenvalue weighted by Gasteiger charge is -2.28. The molecule has 0 aliphatic carbocycles. The van der Waals surface area contributed by atoms with Crippen LogP contribution in [0.1, 0.15) is 32.1 Å². The number of hydrogen-bond acceptors (Lipinski definition) is 5. The molecule has 6 nitrogen and oxygen atoms in total. The van der Waals surface area contributed by atoms with Gasteiger partial charge in [0.05, 0.1) is 11.9 Å². The average Bonchev–Trinajstić information content (AvgIpc) is 2.83. The number of nitrogen functional groups attached to an aromatic ring is 1. The molecule has 3 N–H and O–H groups in total. The summed E-state index contributed by atoms with van der Waals surface area (Å²) in [5.74, 6) is 1.02. The van der Waals surface area contributed by atoms with Crippen LogP contribution >= 0.6 is 0 Å². The quantitative estimate of drug-likeness (QED) is 0.889. The number of nitrogens with two attached hydrogens (primary N) is 1. The lowest BCUT2D eigenvalue weighted by Crippen LogP contribution is -2.39. The number of anilines is 2. The summed E-state index contributed by atoms with van der Waals surface area (Å²) in [6, 6.07) is 4.14. The first-order chi connectivity index (χ1) is 11.2. The lowest BCUT2D eigenvalue weighted by molar-refractivity contribution is -0.138. The topological polar surface area (TPSA) is 80.5 Å². The van der Waals surface area contributed by atoms with Gasteiger partial charge in [-0.05, 0) is 44.2 Å². The van der Waals surface area contributed by atoms with Gasteiger partial charge in [0.25, 0.3) is 0 Å². The number of carbonyl (C=O) groups is 1. The highest BCUT2D eigenvalue weighted by atomic mass is 16.5. The Hall–Kier alpha value is -1.82. The zero-order valence-corrected chi connectivity index (χ0v) is 13.5. The number of rotatable bonds is 3. The van der Waals surface area contributed by atoms with Crippen molar-refractivity contribution in [1.82, 2.24) is 9.88 Å². The van der Waals surface area contributed by atoms with Gasteiger partial charge in [0, 0.05) is 38.3 Å². The van der Waals surface area contributed by atoms with Gasteiger partial charge in [0.15, 0.2) is 0 Å². The normalized spacial score (nSPS) is 23.3. The van der Waals surface area contributed by atoms with Crippen LogP contribution in [0.5, 0.6) is 0 Å². The van der Waals surface area contributed by atoms with E-state index in [4.69, 9.17) is 10.5 Å². The minimum absolute atomic E-state index is 0.162. The van der Waals surface area contributed by atoms with E-state index in [2.05, 4.69) is 15.2 Å². The van der Waals surface area contributed by atoms with Crippen LogP contribution in [0.3, 0.4) is 0 Å². The SMILES string of the molecule is Nc1ccc(N[C@@H]2CCCN(C(=O)C3CCOCC3)CC2)cn1. The second kappa shape index (κ2) is 7.64. The van der Waals surface area contributed by atoms with Crippen LogP contribution in [0.15, 0.2) is 18.3 Å². The Morgan fingerprint density at radius 2 is 2.04 bits per heavy atom. The standard InChI is InChI=1S/C17H26N4O2/c18-16-4-3-15(12-19-16)20-14-2-1-8-21(9-5-14)17(22)13-6-10-23-11-7-13/h3-4,12-14,20H,1-2,5-11H2,(H2,18,19)/t14-/m1/s1. The fraction of sp³-hybridized carbons (Fsp3) is 0.647. The van der Waals surface area contributed by atoms with Crippen molar-refractivity contribution in [3.63, 3.8) is 0 Å². The Labute approximate surface area is 137 Å². The third-order valence-corrected chi connectivity index (χ3v) is 4.77. The van der Waals surface area contributed by atoms with Crippen LogP contribution in [0.4, 0.5) is 11.5 Å². The molecule has 3 heterocycles. The van der Waals surface area contributed by atoms with E-state index >= 15 is 0 Å². The average molecular weight is 318 g/mol. The summed E-state index contributed by atoms with van der Waals surface area (Å²) in [5, 5.41) is 3.51. The number of hydrogen-bond donors (Lipinski definition) is 2. The number of likely N-dealkylation sites (tertiary alicyclic amines) is 1. The maximum atomic E-state index is 12.6. The molecule has 2 aliphatic heterocycles. The Kier molecular flexibility index (Phi) is 5.33. The first kappa shape index (κ1) is 16.1. The minimum Gasteiger partial charge on any atom is -0.384 e. The Morgan fingerprint density at radius 1 is 1.22 bits per heavy atom. The molecule has 0 saturated carbocycles. The molecule has 0 aromatic carbocycles. The van der Waals surface area contributed by atoms with Crippen LogP contribution in [0.2, 0.25) is 0 Å². The lowest BCUT2D eigenvalue weighted by atomic mass is 9.98. The number of ether oxygens (including phenoxy) is 1. The second-order valence-electron chi connectivity index (χ2n) is 6.46. The molecule has 2 aliphatic rings. The number of pyridine rings is 1. The summed E-state index contributed by atoms with van der Waals surface area (Å²) in [4.78, 5) is 18.8. The third-order valence-electron chi connectivity index (χ3n) is 4.77. The number of amides is 1. The van der Waals surface area contributed by atoms with Gasteiger partial charge >= 0.3 is 0 Å². The Balaban J connectivity index is 1.52. The van der Waals surface area contributed by atoms with Crippen molar-refractivity contribution in [1.29, 1.82) is 0 Å². The number of nitrogens with zero attached hydrogens (tertiary/aromatic N) is 2. The Bertz CT molecular complexity index is 514. The molecule has 1 aromatic rings. The van der Waals surface area contributed by atoms with Gasteiger partial charge in [-0.3, -0.25) is 4.79 Å². The van der Waals surface area contributed by atoms with Crippen LogP contribution < -0.4 is 11.1 Å². The molecule has 0 unspecified atom stereocenters. The van der Waals surface area contributed by atoms with Crippen LogP contribution in [0.25, 0.3) is 0 Å². The predicted molar refractivity (Wildman–Crippen MR) is 90.0 cm³/mol. The van der Waals surface area contributed by atoms with Crippen molar-refractivity contribution >= 4 is 17.4 Å². The van der Waals surface area contributed by atoms with Gasteiger partial charge in [-0.15, -0.1) is 0 Å². The van der Waals surface area contributed by atoms with E-state index in [9.17, 15) is 4.79 Å². The van der Waals surface area contributed by atoms with Gasteiger partial charge in [-0.2, -0.15) is 0 Å². The summed E-state index contributed by atoms with van der Waals surface area (Å²) in [7, 11) is 0. The van der Waals surface area contributed by atoms with E-state index in [-0.39, 0.29) is 5.92 Å². The highest BCUT2D eigenvalue weighted by Gasteiger charge is 2.28. The molecular weight excluding hydrogens is 292 g/mol.